The lowest BCUT2D eigenvalue weighted by atomic mass is 9.99. The van der Waals surface area contributed by atoms with E-state index in [4.69, 9.17) is 4.52 Å². The molecule has 1 aliphatic heterocycles. The average Bonchev–Trinajstić information content (AvgIpc) is 2.37. The second kappa shape index (κ2) is 4.93. The molecular weight excluding hydrogens is 391 g/mol. The predicted molar refractivity (Wildman–Crippen MR) is 84.8 cm³/mol. The first kappa shape index (κ1) is 13.2. The molecule has 3 rings (SSSR count). The van der Waals surface area contributed by atoms with Gasteiger partial charge in [0.1, 0.15) is 5.75 Å². The molecule has 0 amide bonds. The summed E-state index contributed by atoms with van der Waals surface area (Å²) in [7, 11) is 0. The molecule has 2 aromatic carbocycles. The molecule has 19 heavy (non-hydrogen) atoms. The molecule has 1 aliphatic rings. The van der Waals surface area contributed by atoms with Crippen molar-refractivity contribution < 1.29 is 9.09 Å². The van der Waals surface area contributed by atoms with Gasteiger partial charge in [-0.2, -0.15) is 0 Å². The maximum atomic E-state index is 12.3. The summed E-state index contributed by atoms with van der Waals surface area (Å²) >= 11 is 6.58. The van der Waals surface area contributed by atoms with E-state index in [1.54, 1.807) is 5.82 Å². The van der Waals surface area contributed by atoms with E-state index < -0.39 is 6.07 Å². The van der Waals surface area contributed by atoms with Gasteiger partial charge < -0.3 is 4.52 Å². The van der Waals surface area contributed by atoms with Crippen LogP contribution in [0.3, 0.4) is 0 Å². The fourth-order valence-corrected chi connectivity index (χ4v) is 4.44. The van der Waals surface area contributed by atoms with Crippen LogP contribution in [0.15, 0.2) is 58.8 Å². The lowest BCUT2D eigenvalue weighted by Gasteiger charge is -2.22. The van der Waals surface area contributed by atoms with Crippen molar-refractivity contribution in [2.24, 2.45) is 0 Å². The van der Waals surface area contributed by atoms with Gasteiger partial charge in [0.05, 0.1) is 0 Å². The Morgan fingerprint density at radius 2 is 1.68 bits per heavy atom. The molecule has 0 bridgehead atoms. The molecule has 1 heterocycles. The van der Waals surface area contributed by atoms with E-state index >= 15 is 0 Å². The quantitative estimate of drug-likeness (QED) is 0.565. The zero-order valence-corrected chi connectivity index (χ0v) is 13.8. The molecule has 0 saturated heterocycles. The van der Waals surface area contributed by atoms with Crippen molar-refractivity contribution in [2.75, 3.05) is 0 Å². The van der Waals surface area contributed by atoms with Gasteiger partial charge in [-0.1, -0.05) is 46.3 Å². The average molecular weight is 400 g/mol. The minimum atomic E-state index is -2.91. The summed E-state index contributed by atoms with van der Waals surface area (Å²) in [5.74, 6) is 2.31. The van der Waals surface area contributed by atoms with Crippen molar-refractivity contribution in [3.8, 4) is 5.75 Å². The van der Waals surface area contributed by atoms with Gasteiger partial charge in [0.25, 0.3) is 0 Å². The summed E-state index contributed by atoms with van der Waals surface area (Å²) < 4.78 is 18.8. The van der Waals surface area contributed by atoms with Gasteiger partial charge in [-0.25, -0.2) is 0 Å². The van der Waals surface area contributed by atoms with E-state index in [0.29, 0.717) is 5.75 Å². The molecule has 2 aromatic rings. The summed E-state index contributed by atoms with van der Waals surface area (Å²) in [6.07, 6.45) is -2.91. The van der Waals surface area contributed by atoms with Crippen LogP contribution in [0.1, 0.15) is 11.1 Å². The van der Waals surface area contributed by atoms with Crippen molar-refractivity contribution in [3.63, 3.8) is 0 Å². The fourth-order valence-electron chi connectivity index (χ4n) is 2.01. The maximum absolute atomic E-state index is 12.3. The highest BCUT2D eigenvalue weighted by atomic mass is 79.9. The van der Waals surface area contributed by atoms with Crippen LogP contribution in [-0.4, -0.2) is 0 Å². The van der Waals surface area contributed by atoms with Crippen molar-refractivity contribution in [2.45, 2.75) is 0 Å². The first-order valence-electron chi connectivity index (χ1n) is 5.62. The smallest absolute Gasteiger partial charge is 0.334 e. The van der Waals surface area contributed by atoms with Crippen LogP contribution in [0, 0.1) is 0 Å². The minimum Gasteiger partial charge on any atom is -0.432 e. The van der Waals surface area contributed by atoms with Gasteiger partial charge in [-0.3, -0.25) is 4.57 Å². The van der Waals surface area contributed by atoms with Gasteiger partial charge in [0.2, 0.25) is 0 Å². The van der Waals surface area contributed by atoms with Crippen LogP contribution >= 0.6 is 37.5 Å². The standard InChI is InChI=1S/C14H9Br2O2P/c15-11-7-5-10(6-8-11)13-9-19(16,17)18-14-4-2-1-3-12(13)14/h1-9H. The number of halogens is 2. The molecule has 0 saturated carbocycles. The van der Waals surface area contributed by atoms with E-state index in [1.807, 2.05) is 48.5 Å². The van der Waals surface area contributed by atoms with E-state index in [-0.39, 0.29) is 0 Å². The molecule has 5 heteroatoms. The zero-order valence-electron chi connectivity index (χ0n) is 9.72. The topological polar surface area (TPSA) is 26.3 Å². The Bertz CT molecular complexity index is 708. The Labute approximate surface area is 127 Å². The molecule has 0 N–H and O–H groups in total. The van der Waals surface area contributed by atoms with Gasteiger partial charge in [0.15, 0.2) is 0 Å². The van der Waals surface area contributed by atoms with Gasteiger partial charge >= 0.3 is 6.07 Å². The third-order valence-corrected chi connectivity index (χ3v) is 5.43. The third-order valence-electron chi connectivity index (χ3n) is 2.84. The number of hydrogen-bond donors (Lipinski definition) is 0. The SMILES string of the molecule is O=P1(Br)C=C(c2ccc(Br)cc2)c2ccccc2O1. The largest absolute Gasteiger partial charge is 0.432 e. The van der Waals surface area contributed by atoms with Crippen LogP contribution in [-0.2, 0) is 4.57 Å². The summed E-state index contributed by atoms with van der Waals surface area (Å²) in [5, 5.41) is 0. The molecule has 0 aromatic heterocycles. The number of benzene rings is 2. The molecule has 2 nitrogen and oxygen atoms in total. The number of fused-ring (bicyclic) bond motifs is 1. The Kier molecular flexibility index (Phi) is 3.42. The number of rotatable bonds is 1. The monoisotopic (exact) mass is 398 g/mol. The van der Waals surface area contributed by atoms with Crippen LogP contribution in [0.4, 0.5) is 0 Å². The van der Waals surface area contributed by atoms with Crippen molar-refractivity contribution in [1.82, 2.24) is 0 Å². The Morgan fingerprint density at radius 3 is 2.42 bits per heavy atom. The van der Waals surface area contributed by atoms with Gasteiger partial charge in [0, 0.05) is 36.9 Å². The Hall–Kier alpha value is -0.830. The highest BCUT2D eigenvalue weighted by Gasteiger charge is 2.27. The summed E-state index contributed by atoms with van der Waals surface area (Å²) in [6, 6.07) is 15.5. The lowest BCUT2D eigenvalue weighted by Crippen LogP contribution is -1.99. The molecule has 1 unspecified atom stereocenters. The zero-order chi connectivity index (χ0) is 13.5. The van der Waals surface area contributed by atoms with Crippen LogP contribution < -0.4 is 4.52 Å². The van der Waals surface area contributed by atoms with Crippen molar-refractivity contribution >= 4 is 43.1 Å². The fraction of sp³-hybridized carbons (Fsp3) is 0. The Balaban J connectivity index is 2.20. The first-order valence-corrected chi connectivity index (χ1v) is 10.1. The third kappa shape index (κ3) is 2.71. The summed E-state index contributed by atoms with van der Waals surface area (Å²) in [4.78, 5) is 0. The molecule has 0 fully saturated rings. The van der Waals surface area contributed by atoms with Crippen LogP contribution in [0.25, 0.3) is 5.57 Å². The van der Waals surface area contributed by atoms with E-state index in [2.05, 4.69) is 31.4 Å². The summed E-state index contributed by atoms with van der Waals surface area (Å²) in [5.41, 5.74) is 2.89. The van der Waals surface area contributed by atoms with Gasteiger partial charge in [-0.05, 0) is 23.8 Å². The molecule has 1 atom stereocenters. The lowest BCUT2D eigenvalue weighted by molar-refractivity contribution is 0.507. The molecular formula is C14H9Br2O2P. The maximum Gasteiger partial charge on any atom is 0.334 e. The highest BCUT2D eigenvalue weighted by molar-refractivity contribution is 9.40. The normalized spacial score (nSPS) is 21.3. The van der Waals surface area contributed by atoms with Crippen molar-refractivity contribution in [3.05, 3.63) is 69.9 Å². The minimum absolute atomic E-state index is 0.642. The van der Waals surface area contributed by atoms with Gasteiger partial charge in [-0.15, -0.1) is 0 Å². The second-order valence-electron chi connectivity index (χ2n) is 4.16. The van der Waals surface area contributed by atoms with Crippen LogP contribution in [0.2, 0.25) is 0 Å². The first-order chi connectivity index (χ1) is 9.05. The molecule has 96 valence electrons. The number of para-hydroxylation sites is 1. The molecule has 0 aliphatic carbocycles. The molecule has 0 radical (unpaired) electrons. The number of hydrogen-bond acceptors (Lipinski definition) is 2. The summed E-state index contributed by atoms with van der Waals surface area (Å²) in [6.45, 7) is 0. The van der Waals surface area contributed by atoms with E-state index in [9.17, 15) is 4.57 Å². The van der Waals surface area contributed by atoms with Crippen molar-refractivity contribution in [1.29, 1.82) is 0 Å². The highest BCUT2D eigenvalue weighted by Crippen LogP contribution is 2.62. The van der Waals surface area contributed by atoms with E-state index in [1.165, 1.54) is 0 Å². The van der Waals surface area contributed by atoms with E-state index in [0.717, 1.165) is 21.2 Å². The Morgan fingerprint density at radius 1 is 1.00 bits per heavy atom. The second-order valence-corrected chi connectivity index (χ2v) is 9.52. The van der Waals surface area contributed by atoms with Crippen LogP contribution in [0.5, 0.6) is 5.75 Å². The predicted octanol–water partition coefficient (Wildman–Crippen LogP) is 5.82. The molecule has 0 spiro atoms.